The molecular weight excluding hydrogens is 460 g/mol. The van der Waals surface area contributed by atoms with Crippen LogP contribution in [-0.2, 0) is 14.8 Å². The lowest BCUT2D eigenvalue weighted by molar-refractivity contribution is 0.0547. The van der Waals surface area contributed by atoms with Crippen molar-refractivity contribution in [3.05, 3.63) is 83.9 Å². The highest BCUT2D eigenvalue weighted by atomic mass is 35.5. The number of anilines is 1. The van der Waals surface area contributed by atoms with Gasteiger partial charge in [0.15, 0.2) is 0 Å². The molecule has 0 atom stereocenters. The molecule has 1 heterocycles. The van der Waals surface area contributed by atoms with Gasteiger partial charge in [-0.3, -0.25) is 4.72 Å². The summed E-state index contributed by atoms with van der Waals surface area (Å²) < 4.78 is 35.8. The Morgan fingerprint density at radius 1 is 0.939 bits per heavy atom. The quantitative estimate of drug-likeness (QED) is 0.358. The molecular formula is C25H23ClN2O4S. The van der Waals surface area contributed by atoms with Crippen LogP contribution in [0.5, 0.6) is 0 Å². The van der Waals surface area contributed by atoms with Gasteiger partial charge in [0.1, 0.15) is 5.60 Å². The van der Waals surface area contributed by atoms with Crippen LogP contribution in [0.25, 0.3) is 22.2 Å². The van der Waals surface area contributed by atoms with Crippen molar-refractivity contribution in [2.24, 2.45) is 0 Å². The Hall–Kier alpha value is -3.29. The van der Waals surface area contributed by atoms with Crippen molar-refractivity contribution in [3.63, 3.8) is 0 Å². The first-order valence-electron chi connectivity index (χ1n) is 10.3. The van der Waals surface area contributed by atoms with Crippen LogP contribution in [0.2, 0.25) is 5.02 Å². The molecule has 6 nitrogen and oxygen atoms in total. The predicted molar refractivity (Wildman–Crippen MR) is 131 cm³/mol. The van der Waals surface area contributed by atoms with Crippen LogP contribution in [0.3, 0.4) is 0 Å². The van der Waals surface area contributed by atoms with E-state index in [-0.39, 0.29) is 10.6 Å². The fraction of sp³-hybridized carbons (Fsp3) is 0.160. The Morgan fingerprint density at radius 2 is 1.61 bits per heavy atom. The number of benzene rings is 3. The number of para-hydroxylation sites is 1. The lowest BCUT2D eigenvalue weighted by Gasteiger charge is -2.21. The molecule has 0 bridgehead atoms. The minimum absolute atomic E-state index is 0.114. The average Bonchev–Trinajstić information content (AvgIpc) is 3.12. The first-order chi connectivity index (χ1) is 15.5. The van der Waals surface area contributed by atoms with Gasteiger partial charge >= 0.3 is 6.09 Å². The maximum absolute atomic E-state index is 13.2. The summed E-state index contributed by atoms with van der Waals surface area (Å²) in [4.78, 5) is 13.3. The van der Waals surface area contributed by atoms with E-state index >= 15 is 0 Å². The third kappa shape index (κ3) is 4.89. The summed E-state index contributed by atoms with van der Waals surface area (Å²) in [6.07, 6.45) is -0.564. The third-order valence-electron chi connectivity index (χ3n) is 4.84. The summed E-state index contributed by atoms with van der Waals surface area (Å²) in [5.41, 5.74) is 1.15. The fourth-order valence-corrected chi connectivity index (χ4v) is 4.75. The Kier molecular flexibility index (Phi) is 5.95. The molecule has 3 aromatic carbocycles. The molecule has 4 aromatic rings. The highest BCUT2D eigenvalue weighted by Crippen LogP contribution is 2.36. The van der Waals surface area contributed by atoms with E-state index in [1.165, 1.54) is 22.8 Å². The molecule has 1 aromatic heterocycles. The molecule has 4 rings (SSSR count). The molecule has 0 aliphatic rings. The van der Waals surface area contributed by atoms with Crippen LogP contribution in [0, 0.1) is 0 Å². The second-order valence-electron chi connectivity index (χ2n) is 8.51. The normalized spacial score (nSPS) is 12.0. The molecule has 0 saturated carbocycles. The molecule has 0 fully saturated rings. The Balaban J connectivity index is 1.89. The number of rotatable bonds is 4. The molecule has 0 amide bonds. The van der Waals surface area contributed by atoms with Crippen molar-refractivity contribution in [2.45, 2.75) is 31.3 Å². The summed E-state index contributed by atoms with van der Waals surface area (Å²) in [6, 6.07) is 22.1. The number of aromatic nitrogens is 1. The van der Waals surface area contributed by atoms with E-state index < -0.39 is 21.7 Å². The number of carbonyl (C=O) groups is 1. The van der Waals surface area contributed by atoms with Gasteiger partial charge in [-0.15, -0.1) is 0 Å². The molecule has 0 spiro atoms. The van der Waals surface area contributed by atoms with E-state index in [0.29, 0.717) is 21.8 Å². The van der Waals surface area contributed by atoms with Crippen molar-refractivity contribution >= 4 is 44.3 Å². The van der Waals surface area contributed by atoms with Gasteiger partial charge in [-0.2, -0.15) is 0 Å². The van der Waals surface area contributed by atoms with Crippen molar-refractivity contribution in [1.82, 2.24) is 4.57 Å². The van der Waals surface area contributed by atoms with Crippen molar-refractivity contribution < 1.29 is 17.9 Å². The molecule has 0 saturated heterocycles. The topological polar surface area (TPSA) is 77.4 Å². The zero-order valence-electron chi connectivity index (χ0n) is 18.4. The number of fused-ring (bicyclic) bond motifs is 1. The number of sulfonamides is 1. The number of nitrogens with zero attached hydrogens (tertiary/aromatic N) is 1. The van der Waals surface area contributed by atoms with E-state index in [4.69, 9.17) is 16.3 Å². The van der Waals surface area contributed by atoms with E-state index in [1.807, 2.05) is 30.3 Å². The number of ether oxygens (including phenoxy) is 1. The van der Waals surface area contributed by atoms with Crippen LogP contribution < -0.4 is 4.72 Å². The minimum atomic E-state index is -3.89. The van der Waals surface area contributed by atoms with Crippen LogP contribution >= 0.6 is 11.6 Å². The van der Waals surface area contributed by atoms with Crippen molar-refractivity contribution in [1.29, 1.82) is 0 Å². The zero-order valence-corrected chi connectivity index (χ0v) is 19.9. The highest BCUT2D eigenvalue weighted by Gasteiger charge is 2.25. The molecule has 0 aliphatic carbocycles. The van der Waals surface area contributed by atoms with Crippen molar-refractivity contribution in [3.8, 4) is 11.3 Å². The lowest BCUT2D eigenvalue weighted by atomic mass is 10.1. The summed E-state index contributed by atoms with van der Waals surface area (Å²) in [5.74, 6) is 0. The molecule has 1 N–H and O–H groups in total. The summed E-state index contributed by atoms with van der Waals surface area (Å²) in [5, 5.41) is 1.16. The number of carbonyl (C=O) groups excluding carboxylic acids is 1. The van der Waals surface area contributed by atoms with E-state index in [1.54, 1.807) is 51.1 Å². The van der Waals surface area contributed by atoms with Gasteiger partial charge in [-0.25, -0.2) is 17.8 Å². The van der Waals surface area contributed by atoms with Gasteiger partial charge < -0.3 is 4.74 Å². The predicted octanol–water partition coefficient (Wildman–Crippen LogP) is 6.55. The minimum Gasteiger partial charge on any atom is -0.443 e. The molecule has 0 aliphatic heterocycles. The van der Waals surface area contributed by atoms with Crippen LogP contribution in [0.1, 0.15) is 20.8 Å². The fourth-order valence-electron chi connectivity index (χ4n) is 3.48. The number of hydrogen-bond donors (Lipinski definition) is 1. The standard InChI is InChI=1S/C25H23ClN2O4S/c1-25(2,3)32-24(29)28-22-12-8-7-9-17(22)15-23(28)20-14-13-18(26)16-21(20)27-33(30,31)19-10-5-4-6-11-19/h4-16,27H,1-3H3. The van der Waals surface area contributed by atoms with Gasteiger partial charge in [-0.05, 0) is 63.2 Å². The summed E-state index contributed by atoms with van der Waals surface area (Å²) in [7, 11) is -3.89. The first-order valence-corrected chi connectivity index (χ1v) is 12.1. The maximum Gasteiger partial charge on any atom is 0.419 e. The van der Waals surface area contributed by atoms with E-state index in [2.05, 4.69) is 4.72 Å². The van der Waals surface area contributed by atoms with Crippen molar-refractivity contribution in [2.75, 3.05) is 4.72 Å². The molecule has 33 heavy (non-hydrogen) atoms. The van der Waals surface area contributed by atoms with Gasteiger partial charge in [0.05, 0.1) is 21.8 Å². The first kappa shape index (κ1) is 22.9. The summed E-state index contributed by atoms with van der Waals surface area (Å²) >= 11 is 6.21. The number of halogens is 1. The van der Waals surface area contributed by atoms with Gasteiger partial charge in [0, 0.05) is 16.0 Å². The molecule has 0 unspecified atom stereocenters. The van der Waals surface area contributed by atoms with Crippen LogP contribution in [-0.4, -0.2) is 24.7 Å². The second-order valence-corrected chi connectivity index (χ2v) is 10.6. The smallest absolute Gasteiger partial charge is 0.419 e. The van der Waals surface area contributed by atoms with Gasteiger partial charge in [0.25, 0.3) is 10.0 Å². The van der Waals surface area contributed by atoms with Crippen LogP contribution in [0.15, 0.2) is 83.8 Å². The third-order valence-corrected chi connectivity index (χ3v) is 6.46. The Morgan fingerprint density at radius 3 is 2.30 bits per heavy atom. The number of nitrogens with one attached hydrogen (secondary N) is 1. The van der Waals surface area contributed by atoms with E-state index in [9.17, 15) is 13.2 Å². The molecule has 8 heteroatoms. The van der Waals surface area contributed by atoms with Crippen LogP contribution in [0.4, 0.5) is 10.5 Å². The molecule has 170 valence electrons. The zero-order chi connectivity index (χ0) is 23.8. The van der Waals surface area contributed by atoms with E-state index in [0.717, 1.165) is 5.39 Å². The van der Waals surface area contributed by atoms with Gasteiger partial charge in [0.2, 0.25) is 0 Å². The van der Waals surface area contributed by atoms with Gasteiger partial charge in [-0.1, -0.05) is 48.0 Å². The maximum atomic E-state index is 13.2. The SMILES string of the molecule is CC(C)(C)OC(=O)n1c(-c2ccc(Cl)cc2NS(=O)(=O)c2ccccc2)cc2ccccc21. The second kappa shape index (κ2) is 8.57. The lowest BCUT2D eigenvalue weighted by Crippen LogP contribution is -2.27. The Labute approximate surface area is 197 Å². The summed E-state index contributed by atoms with van der Waals surface area (Å²) in [6.45, 7) is 5.37. The average molecular weight is 483 g/mol. The highest BCUT2D eigenvalue weighted by molar-refractivity contribution is 7.92. The molecule has 0 radical (unpaired) electrons. The number of hydrogen-bond acceptors (Lipinski definition) is 4. The monoisotopic (exact) mass is 482 g/mol. The largest absolute Gasteiger partial charge is 0.443 e. The Bertz CT molecular complexity index is 1440.